The Morgan fingerprint density at radius 3 is 2.83 bits per heavy atom. The number of hydrogen-bond acceptors (Lipinski definition) is 5. The zero-order valence-corrected chi connectivity index (χ0v) is 13.6. The number of rotatable bonds is 3. The van der Waals surface area contributed by atoms with Crippen LogP contribution in [0, 0.1) is 0 Å². The molecule has 116 valence electrons. The molecule has 0 saturated heterocycles. The molecule has 0 fully saturated rings. The van der Waals surface area contributed by atoms with E-state index in [4.69, 9.17) is 0 Å². The molecule has 2 heterocycles. The van der Waals surface area contributed by atoms with Gasteiger partial charge in [0.15, 0.2) is 5.78 Å². The number of Topliss-reactive ketones (excluding diaryl/α,β-unsaturated/α-hetero) is 1. The topological polar surface area (TPSA) is 60.1 Å². The van der Waals surface area contributed by atoms with E-state index in [0.29, 0.717) is 22.9 Å². The van der Waals surface area contributed by atoms with Gasteiger partial charge in [-0.2, -0.15) is 4.98 Å². The lowest BCUT2D eigenvalue weighted by Crippen LogP contribution is -2.21. The summed E-state index contributed by atoms with van der Waals surface area (Å²) >= 11 is 1.57. The zero-order valence-electron chi connectivity index (χ0n) is 12.8. The van der Waals surface area contributed by atoms with Crippen LogP contribution in [0.5, 0.6) is 0 Å². The van der Waals surface area contributed by atoms with Crippen molar-refractivity contribution in [1.29, 1.82) is 0 Å². The summed E-state index contributed by atoms with van der Waals surface area (Å²) in [7, 11) is 0. The highest BCUT2D eigenvalue weighted by Crippen LogP contribution is 2.31. The van der Waals surface area contributed by atoms with E-state index < -0.39 is 0 Å². The van der Waals surface area contributed by atoms with Crippen molar-refractivity contribution >= 4 is 23.3 Å². The summed E-state index contributed by atoms with van der Waals surface area (Å²) in [6, 6.07) is 10.2. The molecule has 0 N–H and O–H groups in total. The Kier molecular flexibility index (Phi) is 3.61. The van der Waals surface area contributed by atoms with Crippen LogP contribution in [0.25, 0.3) is 5.78 Å². The van der Waals surface area contributed by atoms with Crippen molar-refractivity contribution in [2.24, 2.45) is 0 Å². The Hall–Kier alpha value is -2.21. The van der Waals surface area contributed by atoms with Gasteiger partial charge < -0.3 is 0 Å². The first-order valence-corrected chi connectivity index (χ1v) is 8.70. The third-order valence-corrected chi connectivity index (χ3v) is 4.83. The molecule has 4 rings (SSSR count). The van der Waals surface area contributed by atoms with E-state index in [1.54, 1.807) is 22.5 Å². The standard InChI is InChI=1S/C17H16N4OS/c1-2-23-17-19-16-18-14-8-12(11-6-4-3-5-7-11)9-15(22)13(14)10-21(16)20-17/h3-7,10,12H,2,8-9H2,1H3/t12-/m1/s1. The van der Waals surface area contributed by atoms with Crippen LogP contribution in [-0.4, -0.2) is 31.1 Å². The molecule has 3 aromatic rings. The Bertz CT molecular complexity index is 875. The van der Waals surface area contributed by atoms with E-state index >= 15 is 0 Å². The number of hydrogen-bond donors (Lipinski definition) is 0. The number of nitrogens with zero attached hydrogens (tertiary/aromatic N) is 4. The summed E-state index contributed by atoms with van der Waals surface area (Å²) in [6.45, 7) is 2.06. The Morgan fingerprint density at radius 1 is 1.22 bits per heavy atom. The van der Waals surface area contributed by atoms with Crippen LogP contribution in [0.3, 0.4) is 0 Å². The van der Waals surface area contributed by atoms with E-state index in [-0.39, 0.29) is 11.7 Å². The second-order valence-electron chi connectivity index (χ2n) is 5.61. The van der Waals surface area contributed by atoms with Crippen molar-refractivity contribution in [2.75, 3.05) is 5.75 Å². The summed E-state index contributed by atoms with van der Waals surface area (Å²) in [5, 5.41) is 5.08. The lowest BCUT2D eigenvalue weighted by atomic mass is 9.82. The molecule has 0 spiro atoms. The first-order valence-electron chi connectivity index (χ1n) is 7.72. The summed E-state index contributed by atoms with van der Waals surface area (Å²) < 4.78 is 1.62. The normalized spacial score (nSPS) is 17.4. The molecule has 5 nitrogen and oxygen atoms in total. The SMILES string of the molecule is CCSc1nc2nc3c(cn2n1)C(=O)C[C@H](c1ccccc1)C3. The lowest BCUT2D eigenvalue weighted by Gasteiger charge is -2.22. The van der Waals surface area contributed by atoms with Crippen molar-refractivity contribution in [1.82, 2.24) is 19.6 Å². The average molecular weight is 324 g/mol. The van der Waals surface area contributed by atoms with Crippen molar-refractivity contribution in [2.45, 2.75) is 30.8 Å². The van der Waals surface area contributed by atoms with Crippen LogP contribution in [0.2, 0.25) is 0 Å². The molecule has 23 heavy (non-hydrogen) atoms. The molecule has 1 atom stereocenters. The fourth-order valence-electron chi connectivity index (χ4n) is 3.02. The fourth-order valence-corrected chi connectivity index (χ4v) is 3.57. The Balaban J connectivity index is 1.74. The molecule has 0 aliphatic heterocycles. The second-order valence-corrected chi connectivity index (χ2v) is 6.84. The van der Waals surface area contributed by atoms with Crippen LogP contribution < -0.4 is 0 Å². The molecule has 2 aromatic heterocycles. The average Bonchev–Trinajstić information content (AvgIpc) is 2.95. The highest BCUT2D eigenvalue weighted by Gasteiger charge is 2.28. The number of ketones is 1. The predicted molar refractivity (Wildman–Crippen MR) is 89.0 cm³/mol. The van der Waals surface area contributed by atoms with E-state index in [2.05, 4.69) is 34.1 Å². The Labute approximate surface area is 138 Å². The molecule has 1 aromatic carbocycles. The second kappa shape index (κ2) is 5.77. The number of thioether (sulfide) groups is 1. The van der Waals surface area contributed by atoms with Gasteiger partial charge in [-0.05, 0) is 23.7 Å². The summed E-state index contributed by atoms with van der Waals surface area (Å²) in [4.78, 5) is 21.6. The van der Waals surface area contributed by atoms with Gasteiger partial charge in [-0.1, -0.05) is 49.0 Å². The molecule has 0 bridgehead atoms. The number of carbonyl (C=O) groups is 1. The Morgan fingerprint density at radius 2 is 2.04 bits per heavy atom. The largest absolute Gasteiger partial charge is 0.294 e. The van der Waals surface area contributed by atoms with Gasteiger partial charge >= 0.3 is 0 Å². The van der Waals surface area contributed by atoms with Gasteiger partial charge in [0, 0.05) is 12.6 Å². The molecule has 0 radical (unpaired) electrons. The maximum atomic E-state index is 12.5. The first-order chi connectivity index (χ1) is 11.2. The van der Waals surface area contributed by atoms with Crippen molar-refractivity contribution in [3.63, 3.8) is 0 Å². The third kappa shape index (κ3) is 2.63. The number of aromatic nitrogens is 4. The monoisotopic (exact) mass is 324 g/mol. The van der Waals surface area contributed by atoms with E-state index in [1.165, 1.54) is 5.56 Å². The molecular formula is C17H16N4OS. The van der Waals surface area contributed by atoms with E-state index in [0.717, 1.165) is 17.9 Å². The fraction of sp³-hybridized carbons (Fsp3) is 0.294. The minimum Gasteiger partial charge on any atom is -0.294 e. The molecule has 1 aliphatic rings. The van der Waals surface area contributed by atoms with Gasteiger partial charge in [-0.3, -0.25) is 4.79 Å². The minimum absolute atomic E-state index is 0.134. The van der Waals surface area contributed by atoms with Crippen molar-refractivity contribution in [3.8, 4) is 0 Å². The summed E-state index contributed by atoms with van der Waals surface area (Å²) in [5.41, 5.74) is 2.71. The first kappa shape index (κ1) is 14.4. The van der Waals surface area contributed by atoms with Crippen molar-refractivity contribution in [3.05, 3.63) is 53.3 Å². The van der Waals surface area contributed by atoms with Gasteiger partial charge in [-0.25, -0.2) is 9.50 Å². The van der Waals surface area contributed by atoms with Gasteiger partial charge in [0.25, 0.3) is 5.78 Å². The maximum Gasteiger partial charge on any atom is 0.253 e. The predicted octanol–water partition coefficient (Wildman–Crippen LogP) is 3.15. The van der Waals surface area contributed by atoms with E-state index in [1.807, 2.05) is 18.2 Å². The van der Waals surface area contributed by atoms with Crippen LogP contribution in [-0.2, 0) is 6.42 Å². The molecular weight excluding hydrogens is 308 g/mol. The summed E-state index contributed by atoms with van der Waals surface area (Å²) in [6.07, 6.45) is 3.08. The van der Waals surface area contributed by atoms with Gasteiger partial charge in [-0.15, -0.1) is 5.10 Å². The maximum absolute atomic E-state index is 12.5. The molecule has 0 saturated carbocycles. The third-order valence-electron chi connectivity index (χ3n) is 4.11. The molecule has 6 heteroatoms. The quantitative estimate of drug-likeness (QED) is 0.693. The van der Waals surface area contributed by atoms with Crippen LogP contribution in [0.1, 0.15) is 40.9 Å². The lowest BCUT2D eigenvalue weighted by molar-refractivity contribution is 0.0962. The molecule has 0 unspecified atom stereocenters. The van der Waals surface area contributed by atoms with Gasteiger partial charge in [0.2, 0.25) is 5.16 Å². The number of fused-ring (bicyclic) bond motifs is 2. The molecule has 1 aliphatic carbocycles. The summed E-state index contributed by atoms with van der Waals surface area (Å²) in [5.74, 6) is 1.81. The number of benzene rings is 1. The van der Waals surface area contributed by atoms with Gasteiger partial charge in [0.1, 0.15) is 0 Å². The highest BCUT2D eigenvalue weighted by atomic mass is 32.2. The number of carbonyl (C=O) groups excluding carboxylic acids is 1. The zero-order chi connectivity index (χ0) is 15.8. The minimum atomic E-state index is 0.134. The van der Waals surface area contributed by atoms with Gasteiger partial charge in [0.05, 0.1) is 11.3 Å². The molecule has 0 amide bonds. The van der Waals surface area contributed by atoms with Crippen LogP contribution in [0.4, 0.5) is 0 Å². The van der Waals surface area contributed by atoms with Crippen molar-refractivity contribution < 1.29 is 4.79 Å². The van der Waals surface area contributed by atoms with E-state index in [9.17, 15) is 4.79 Å². The highest BCUT2D eigenvalue weighted by molar-refractivity contribution is 7.99. The van der Waals surface area contributed by atoms with Crippen LogP contribution >= 0.6 is 11.8 Å². The smallest absolute Gasteiger partial charge is 0.253 e. The van der Waals surface area contributed by atoms with Crippen LogP contribution in [0.15, 0.2) is 41.7 Å².